The lowest BCUT2D eigenvalue weighted by molar-refractivity contribution is 1.12. The third kappa shape index (κ3) is 3.41. The zero-order valence-electron chi connectivity index (χ0n) is 23.2. The van der Waals surface area contributed by atoms with Crippen molar-refractivity contribution in [1.29, 1.82) is 0 Å². The van der Waals surface area contributed by atoms with Gasteiger partial charge in [0, 0.05) is 74.1 Å². The molecule has 0 aliphatic heterocycles. The van der Waals surface area contributed by atoms with Crippen molar-refractivity contribution in [3.63, 3.8) is 0 Å². The van der Waals surface area contributed by atoms with E-state index in [1.165, 1.54) is 26.8 Å². The molecule has 7 heteroatoms. The zero-order valence-corrected chi connectivity index (χ0v) is 24.0. The van der Waals surface area contributed by atoms with E-state index in [1.54, 1.807) is 11.3 Å². The molecule has 5 aromatic heterocycles. The van der Waals surface area contributed by atoms with Gasteiger partial charge in [0.2, 0.25) is 0 Å². The first-order valence-corrected chi connectivity index (χ1v) is 15.3. The summed E-state index contributed by atoms with van der Waals surface area (Å²) in [6.07, 6.45) is 8.44. The molecule has 0 unspecified atom stereocenters. The molecular weight excluding hydrogens is 561 g/mol. The summed E-state index contributed by atoms with van der Waals surface area (Å²) in [5.74, 6) is 1.34. The molecule has 0 atom stereocenters. The van der Waals surface area contributed by atoms with Gasteiger partial charge in [-0.15, -0.1) is 11.3 Å². The molecule has 5 heterocycles. The quantitative estimate of drug-likeness (QED) is 0.190. The molecule has 204 valence electrons. The Bertz CT molecular complexity index is 2660. The molecule has 9 aromatic rings. The van der Waals surface area contributed by atoms with Crippen molar-refractivity contribution in [2.45, 2.75) is 6.42 Å². The van der Waals surface area contributed by atoms with E-state index in [0.717, 1.165) is 66.0 Å². The van der Waals surface area contributed by atoms with Crippen LogP contribution in [0.1, 0.15) is 11.3 Å². The van der Waals surface area contributed by atoms with Crippen LogP contribution in [0.2, 0.25) is 0 Å². The van der Waals surface area contributed by atoms with Crippen LogP contribution in [0.4, 0.5) is 0 Å². The molecule has 0 bridgehead atoms. The maximum Gasteiger partial charge on any atom is 0.159 e. The van der Waals surface area contributed by atoms with Crippen molar-refractivity contribution >= 4 is 64.2 Å². The highest BCUT2D eigenvalue weighted by atomic mass is 32.1. The van der Waals surface area contributed by atoms with E-state index in [9.17, 15) is 0 Å². The van der Waals surface area contributed by atoms with Crippen molar-refractivity contribution in [3.8, 4) is 33.9 Å². The molecule has 0 saturated carbocycles. The lowest BCUT2D eigenvalue weighted by Crippen LogP contribution is -1.97. The van der Waals surface area contributed by atoms with E-state index in [4.69, 9.17) is 19.9 Å². The van der Waals surface area contributed by atoms with Gasteiger partial charge in [0.1, 0.15) is 15.9 Å². The second kappa shape index (κ2) is 8.92. The fourth-order valence-corrected chi connectivity index (χ4v) is 7.65. The number of thiophene rings is 1. The van der Waals surface area contributed by atoms with E-state index in [1.807, 2.05) is 36.9 Å². The Balaban J connectivity index is 1.20. The molecule has 4 aromatic carbocycles. The topological polar surface area (TPSA) is 77.3 Å². The minimum absolute atomic E-state index is 0.668. The van der Waals surface area contributed by atoms with E-state index < -0.39 is 0 Å². The number of rotatable bonds is 2. The van der Waals surface area contributed by atoms with Crippen molar-refractivity contribution in [3.05, 3.63) is 121 Å². The summed E-state index contributed by atoms with van der Waals surface area (Å²) in [6.45, 7) is 0. The van der Waals surface area contributed by atoms with Crippen molar-refractivity contribution in [1.82, 2.24) is 29.9 Å². The summed E-state index contributed by atoms with van der Waals surface area (Å²) in [4.78, 5) is 30.3. The summed E-state index contributed by atoms with van der Waals surface area (Å²) in [6, 6.07) is 29.5. The van der Waals surface area contributed by atoms with E-state index >= 15 is 0 Å². The van der Waals surface area contributed by atoms with Gasteiger partial charge in [-0.1, -0.05) is 42.5 Å². The average Bonchev–Trinajstić information content (AvgIpc) is 3.65. The van der Waals surface area contributed by atoms with Crippen LogP contribution in [-0.4, -0.2) is 29.9 Å². The number of aromatic nitrogens is 6. The molecule has 0 saturated heterocycles. The Morgan fingerprint density at radius 3 is 2.00 bits per heavy atom. The molecule has 6 nitrogen and oxygen atoms in total. The Morgan fingerprint density at radius 2 is 1.20 bits per heavy atom. The first-order valence-electron chi connectivity index (χ1n) is 14.5. The van der Waals surface area contributed by atoms with Crippen LogP contribution in [0.25, 0.3) is 86.8 Å². The molecule has 0 amide bonds. The Morgan fingerprint density at radius 1 is 0.523 bits per heavy atom. The number of benzene rings is 4. The Hall–Kier alpha value is -5.66. The van der Waals surface area contributed by atoms with Gasteiger partial charge in [-0.25, -0.2) is 24.9 Å². The predicted molar refractivity (Wildman–Crippen MR) is 178 cm³/mol. The number of hydrogen-bond acceptors (Lipinski definition) is 7. The Labute approximate surface area is 254 Å². The van der Waals surface area contributed by atoms with Crippen LogP contribution in [0.3, 0.4) is 0 Å². The Kier molecular flexibility index (Phi) is 4.84. The largest absolute Gasteiger partial charge is 0.260 e. The highest BCUT2D eigenvalue weighted by Crippen LogP contribution is 2.39. The van der Waals surface area contributed by atoms with Crippen LogP contribution in [0.15, 0.2) is 110 Å². The first-order chi connectivity index (χ1) is 21.8. The van der Waals surface area contributed by atoms with Crippen LogP contribution in [0, 0.1) is 0 Å². The van der Waals surface area contributed by atoms with Crippen LogP contribution >= 0.6 is 11.3 Å². The highest BCUT2D eigenvalue weighted by molar-refractivity contribution is 7.25. The molecule has 0 fully saturated rings. The first kappa shape index (κ1) is 23.9. The predicted octanol–water partition coefficient (Wildman–Crippen LogP) is 8.79. The summed E-state index contributed by atoms with van der Waals surface area (Å²) in [7, 11) is 0. The third-order valence-electron chi connectivity index (χ3n) is 8.72. The highest BCUT2D eigenvalue weighted by Gasteiger charge is 2.21. The fourth-order valence-electron chi connectivity index (χ4n) is 6.62. The van der Waals surface area contributed by atoms with E-state index in [2.05, 4.69) is 82.8 Å². The molecule has 0 N–H and O–H groups in total. The molecule has 1 aliphatic carbocycles. The lowest BCUT2D eigenvalue weighted by Gasteiger charge is -2.11. The molecule has 0 radical (unpaired) electrons. The summed E-state index contributed by atoms with van der Waals surface area (Å²) < 4.78 is 1.20. The molecule has 44 heavy (non-hydrogen) atoms. The minimum atomic E-state index is 0.668. The molecular formula is C37H20N6S. The van der Waals surface area contributed by atoms with Crippen molar-refractivity contribution in [2.75, 3.05) is 0 Å². The average molecular weight is 581 g/mol. The van der Waals surface area contributed by atoms with Crippen LogP contribution < -0.4 is 0 Å². The fraction of sp³-hybridized carbons (Fsp3) is 0.0270. The van der Waals surface area contributed by atoms with Crippen LogP contribution in [-0.2, 0) is 6.42 Å². The van der Waals surface area contributed by atoms with E-state index in [0.29, 0.717) is 11.6 Å². The summed E-state index contributed by atoms with van der Waals surface area (Å²) in [5, 5.41) is 6.44. The molecule has 10 rings (SSSR count). The standard InChI is InChI=1S/C37H20N6S/c1-2-6-24-23(5-1)29-18-40-35(21-10-9-20-17-31-25(27(20)15-21)7-3-13-38-31)42-33(29)34-30(24)19-41-36(43-34)22-11-12-32-28(16-22)26-8-4-14-39-37(26)44-32/h1-16,18-19H,17H2. The maximum atomic E-state index is 5.20. The van der Waals surface area contributed by atoms with Gasteiger partial charge >= 0.3 is 0 Å². The van der Waals surface area contributed by atoms with Crippen molar-refractivity contribution in [2.24, 2.45) is 0 Å². The number of nitrogens with zero attached hydrogens (tertiary/aromatic N) is 6. The lowest BCUT2D eigenvalue weighted by atomic mass is 10.0. The third-order valence-corrected chi connectivity index (χ3v) is 9.82. The second-order valence-electron chi connectivity index (χ2n) is 11.2. The van der Waals surface area contributed by atoms with Crippen LogP contribution in [0.5, 0.6) is 0 Å². The number of pyridine rings is 2. The van der Waals surface area contributed by atoms with Gasteiger partial charge in [0.25, 0.3) is 0 Å². The van der Waals surface area contributed by atoms with Gasteiger partial charge in [-0.3, -0.25) is 4.98 Å². The van der Waals surface area contributed by atoms with Gasteiger partial charge in [0.05, 0.1) is 5.69 Å². The van der Waals surface area contributed by atoms with Gasteiger partial charge in [0.15, 0.2) is 11.6 Å². The monoisotopic (exact) mass is 580 g/mol. The number of fused-ring (bicyclic) bond motifs is 12. The summed E-state index contributed by atoms with van der Waals surface area (Å²) >= 11 is 1.70. The van der Waals surface area contributed by atoms with Crippen molar-refractivity contribution < 1.29 is 0 Å². The van der Waals surface area contributed by atoms with Gasteiger partial charge in [-0.2, -0.15) is 0 Å². The summed E-state index contributed by atoms with van der Waals surface area (Å²) in [5.41, 5.74) is 8.36. The zero-order chi connectivity index (χ0) is 28.8. The smallest absolute Gasteiger partial charge is 0.159 e. The van der Waals surface area contributed by atoms with E-state index in [-0.39, 0.29) is 0 Å². The van der Waals surface area contributed by atoms with Gasteiger partial charge < -0.3 is 0 Å². The second-order valence-corrected chi connectivity index (χ2v) is 12.2. The normalized spacial score (nSPS) is 12.5. The molecule has 0 spiro atoms. The minimum Gasteiger partial charge on any atom is -0.260 e. The van der Waals surface area contributed by atoms with Gasteiger partial charge in [-0.05, 0) is 64.4 Å². The maximum absolute atomic E-state index is 5.20. The number of hydrogen-bond donors (Lipinski definition) is 0. The SMILES string of the molecule is c1cnc2c(c1)-c1cc(-c3ncc4c5ccccc5c5cnc(-c6ccc7sc8ncccc8c7c6)nc5c4n3)ccc1C2. The molecule has 1 aliphatic rings.